The third kappa shape index (κ3) is 2.11. The van der Waals surface area contributed by atoms with Gasteiger partial charge in [-0.3, -0.25) is 0 Å². The predicted molar refractivity (Wildman–Crippen MR) is 54.6 cm³/mol. The van der Waals surface area contributed by atoms with Crippen LogP contribution in [0, 0.1) is 0 Å². The van der Waals surface area contributed by atoms with Crippen molar-refractivity contribution in [3.63, 3.8) is 0 Å². The van der Waals surface area contributed by atoms with Gasteiger partial charge in [0.15, 0.2) is 12.2 Å². The molecule has 0 atom stereocenters. The maximum absolute atomic E-state index is 12.5. The van der Waals surface area contributed by atoms with Gasteiger partial charge in [0.2, 0.25) is 0 Å². The van der Waals surface area contributed by atoms with Crippen LogP contribution >= 0.6 is 15.9 Å². The number of alkyl halides is 3. The SMILES string of the molecule is FC(F)(F)c1ccc(Br)c(-c2cnco2)c1. The number of rotatable bonds is 1. The molecule has 2 nitrogen and oxygen atoms in total. The van der Waals surface area contributed by atoms with Crippen LogP contribution in [0.3, 0.4) is 0 Å². The Bertz CT molecular complexity index is 493. The summed E-state index contributed by atoms with van der Waals surface area (Å²) in [5, 5.41) is 0. The third-order valence-corrected chi connectivity index (χ3v) is 2.68. The van der Waals surface area contributed by atoms with Gasteiger partial charge in [0.1, 0.15) is 0 Å². The highest BCUT2D eigenvalue weighted by Crippen LogP contribution is 2.35. The van der Waals surface area contributed by atoms with Crippen LogP contribution in [0.15, 0.2) is 39.7 Å². The Balaban J connectivity index is 2.54. The van der Waals surface area contributed by atoms with Gasteiger partial charge in [-0.1, -0.05) is 15.9 Å². The minimum Gasteiger partial charge on any atom is -0.443 e. The van der Waals surface area contributed by atoms with E-state index in [9.17, 15) is 13.2 Å². The minimum absolute atomic E-state index is 0.290. The highest BCUT2D eigenvalue weighted by atomic mass is 79.9. The summed E-state index contributed by atoms with van der Waals surface area (Å²) in [6.07, 6.45) is -1.84. The fourth-order valence-electron chi connectivity index (χ4n) is 1.24. The van der Waals surface area contributed by atoms with Gasteiger partial charge >= 0.3 is 6.18 Å². The summed E-state index contributed by atoms with van der Waals surface area (Å²) in [6, 6.07) is 3.36. The maximum atomic E-state index is 12.5. The fourth-order valence-corrected chi connectivity index (χ4v) is 1.68. The van der Waals surface area contributed by atoms with Crippen LogP contribution in [0.5, 0.6) is 0 Å². The molecule has 2 aromatic rings. The molecule has 1 aromatic heterocycles. The normalized spacial score (nSPS) is 11.8. The summed E-state index contributed by atoms with van der Waals surface area (Å²) in [5.41, 5.74) is -0.394. The first-order valence-corrected chi connectivity index (χ1v) is 5.03. The third-order valence-electron chi connectivity index (χ3n) is 1.99. The zero-order chi connectivity index (χ0) is 11.8. The smallest absolute Gasteiger partial charge is 0.416 e. The van der Waals surface area contributed by atoms with E-state index in [1.807, 2.05) is 0 Å². The molecule has 84 valence electrons. The molecule has 6 heteroatoms. The molecule has 0 saturated carbocycles. The second kappa shape index (κ2) is 3.93. The summed E-state index contributed by atoms with van der Waals surface area (Å²) in [7, 11) is 0. The molecule has 16 heavy (non-hydrogen) atoms. The van der Waals surface area contributed by atoms with E-state index in [1.165, 1.54) is 18.7 Å². The molecule has 0 aliphatic rings. The van der Waals surface area contributed by atoms with Crippen LogP contribution in [-0.2, 0) is 6.18 Å². The van der Waals surface area contributed by atoms with Crippen molar-refractivity contribution >= 4 is 15.9 Å². The maximum Gasteiger partial charge on any atom is 0.416 e. The molecular weight excluding hydrogens is 287 g/mol. The van der Waals surface area contributed by atoms with E-state index in [-0.39, 0.29) is 5.76 Å². The molecule has 1 heterocycles. The number of aromatic nitrogens is 1. The van der Waals surface area contributed by atoms with Crippen molar-refractivity contribution in [2.45, 2.75) is 6.18 Å². The number of hydrogen-bond acceptors (Lipinski definition) is 2. The summed E-state index contributed by atoms with van der Waals surface area (Å²) in [4.78, 5) is 3.66. The van der Waals surface area contributed by atoms with Gasteiger partial charge in [-0.05, 0) is 18.2 Å². The Morgan fingerprint density at radius 3 is 2.56 bits per heavy atom. The second-order valence-electron chi connectivity index (χ2n) is 3.06. The highest BCUT2D eigenvalue weighted by molar-refractivity contribution is 9.10. The zero-order valence-corrected chi connectivity index (χ0v) is 9.34. The lowest BCUT2D eigenvalue weighted by Gasteiger charge is -2.08. The number of oxazole rings is 1. The first-order chi connectivity index (χ1) is 7.48. The van der Waals surface area contributed by atoms with Gasteiger partial charge in [0.25, 0.3) is 0 Å². The minimum atomic E-state index is -4.37. The van der Waals surface area contributed by atoms with Crippen molar-refractivity contribution in [2.24, 2.45) is 0 Å². The monoisotopic (exact) mass is 291 g/mol. The molecule has 0 fully saturated rings. The van der Waals surface area contributed by atoms with E-state index in [0.717, 1.165) is 12.1 Å². The highest BCUT2D eigenvalue weighted by Gasteiger charge is 2.31. The van der Waals surface area contributed by atoms with E-state index >= 15 is 0 Å². The number of hydrogen-bond donors (Lipinski definition) is 0. The number of nitrogens with zero attached hydrogens (tertiary/aromatic N) is 1. The standard InChI is InChI=1S/C10H5BrF3NO/c11-8-2-1-6(10(12,13)14)3-7(8)9-4-15-5-16-9/h1-5H. The lowest BCUT2D eigenvalue weighted by molar-refractivity contribution is -0.137. The molecule has 0 aliphatic carbocycles. The van der Waals surface area contributed by atoms with Gasteiger partial charge in [-0.2, -0.15) is 13.2 Å². The van der Waals surface area contributed by atoms with E-state index in [2.05, 4.69) is 20.9 Å². The summed E-state index contributed by atoms with van der Waals surface area (Å²) in [6.45, 7) is 0. The first-order valence-electron chi connectivity index (χ1n) is 4.24. The summed E-state index contributed by atoms with van der Waals surface area (Å²) in [5.74, 6) is 0.290. The molecular formula is C10H5BrF3NO. The number of benzene rings is 1. The van der Waals surface area contributed by atoms with E-state index in [4.69, 9.17) is 4.42 Å². The lowest BCUT2D eigenvalue weighted by atomic mass is 10.1. The van der Waals surface area contributed by atoms with Crippen molar-refractivity contribution in [1.29, 1.82) is 0 Å². The molecule has 0 N–H and O–H groups in total. The van der Waals surface area contributed by atoms with Crippen LogP contribution in [0.4, 0.5) is 13.2 Å². The van der Waals surface area contributed by atoms with Crippen molar-refractivity contribution in [3.8, 4) is 11.3 Å². The summed E-state index contributed by atoms with van der Waals surface area (Å²) >= 11 is 3.16. The molecule has 0 radical (unpaired) electrons. The molecule has 1 aromatic carbocycles. The fraction of sp³-hybridized carbons (Fsp3) is 0.100. The van der Waals surface area contributed by atoms with Gasteiger partial charge < -0.3 is 4.42 Å². The Kier molecular flexibility index (Phi) is 2.75. The lowest BCUT2D eigenvalue weighted by Crippen LogP contribution is -2.04. The van der Waals surface area contributed by atoms with Crippen LogP contribution < -0.4 is 0 Å². The van der Waals surface area contributed by atoms with Crippen LogP contribution in [0.1, 0.15) is 5.56 Å². The van der Waals surface area contributed by atoms with E-state index < -0.39 is 11.7 Å². The molecule has 0 spiro atoms. The van der Waals surface area contributed by atoms with Gasteiger partial charge in [0.05, 0.1) is 11.8 Å². The Labute approximate surface area is 97.2 Å². The van der Waals surface area contributed by atoms with Crippen LogP contribution in [0.2, 0.25) is 0 Å². The van der Waals surface area contributed by atoms with Crippen molar-refractivity contribution in [1.82, 2.24) is 4.98 Å². The Morgan fingerprint density at radius 2 is 2.00 bits per heavy atom. The quantitative estimate of drug-likeness (QED) is 0.790. The Hall–Kier alpha value is -1.30. The van der Waals surface area contributed by atoms with Crippen molar-refractivity contribution in [2.75, 3.05) is 0 Å². The molecule has 0 saturated heterocycles. The molecule has 0 aliphatic heterocycles. The largest absolute Gasteiger partial charge is 0.443 e. The predicted octanol–water partition coefficient (Wildman–Crippen LogP) is 4.12. The van der Waals surface area contributed by atoms with Gasteiger partial charge in [-0.25, -0.2) is 4.98 Å². The second-order valence-corrected chi connectivity index (χ2v) is 3.91. The van der Waals surface area contributed by atoms with Crippen molar-refractivity contribution < 1.29 is 17.6 Å². The Morgan fingerprint density at radius 1 is 1.25 bits per heavy atom. The molecule has 0 bridgehead atoms. The summed E-state index contributed by atoms with van der Waals surface area (Å²) < 4.78 is 42.9. The average Bonchev–Trinajstić information content (AvgIpc) is 2.69. The zero-order valence-electron chi connectivity index (χ0n) is 7.75. The topological polar surface area (TPSA) is 26.0 Å². The van der Waals surface area contributed by atoms with Gasteiger partial charge in [0, 0.05) is 10.0 Å². The molecule has 0 unspecified atom stereocenters. The van der Waals surface area contributed by atoms with Crippen LogP contribution in [0.25, 0.3) is 11.3 Å². The van der Waals surface area contributed by atoms with Gasteiger partial charge in [-0.15, -0.1) is 0 Å². The molecule has 2 rings (SSSR count). The van der Waals surface area contributed by atoms with Crippen molar-refractivity contribution in [3.05, 3.63) is 40.8 Å². The number of halogens is 4. The van der Waals surface area contributed by atoms with Crippen LogP contribution in [-0.4, -0.2) is 4.98 Å². The first kappa shape index (κ1) is 11.2. The van der Waals surface area contributed by atoms with E-state index in [0.29, 0.717) is 10.0 Å². The molecule has 0 amide bonds. The average molecular weight is 292 g/mol. The van der Waals surface area contributed by atoms with E-state index in [1.54, 1.807) is 0 Å².